The summed E-state index contributed by atoms with van der Waals surface area (Å²) in [5.41, 5.74) is 3.86. The number of benzene rings is 2. The minimum Gasteiger partial charge on any atom is -0.497 e. The number of carbonyl (C=O) groups excluding carboxylic acids is 1. The van der Waals surface area contributed by atoms with Gasteiger partial charge in [-0.3, -0.25) is 14.5 Å². The van der Waals surface area contributed by atoms with Crippen LogP contribution >= 0.6 is 23.6 Å². The maximum Gasteiger partial charge on any atom is 0.227 e. The predicted octanol–water partition coefficient (Wildman–Crippen LogP) is 5.08. The highest BCUT2D eigenvalue weighted by molar-refractivity contribution is 7.71. The molecule has 4 aromatic rings. The molecule has 7 nitrogen and oxygen atoms in total. The molecule has 0 fully saturated rings. The highest BCUT2D eigenvalue weighted by atomic mass is 32.1. The molecule has 1 amide bonds. The van der Waals surface area contributed by atoms with Crippen molar-refractivity contribution in [3.63, 3.8) is 0 Å². The predicted molar refractivity (Wildman–Crippen MR) is 125 cm³/mol. The third kappa shape index (κ3) is 4.89. The number of aryl methyl sites for hydroxylation is 1. The van der Waals surface area contributed by atoms with Crippen LogP contribution in [-0.2, 0) is 11.3 Å². The Labute approximate surface area is 188 Å². The number of methoxy groups -OCH3 is 1. The topological polar surface area (TPSA) is 84.8 Å². The Kier molecular flexibility index (Phi) is 6.24. The van der Waals surface area contributed by atoms with Crippen LogP contribution in [0.3, 0.4) is 0 Å². The third-order valence-corrected chi connectivity index (χ3v) is 5.80. The van der Waals surface area contributed by atoms with Crippen molar-refractivity contribution in [2.24, 2.45) is 0 Å². The molecule has 158 valence electrons. The fourth-order valence-corrected chi connectivity index (χ4v) is 4.11. The average Bonchev–Trinajstić information content (AvgIpc) is 3.39. The highest BCUT2D eigenvalue weighted by Gasteiger charge is 2.12. The Morgan fingerprint density at radius 2 is 2.03 bits per heavy atom. The van der Waals surface area contributed by atoms with E-state index in [9.17, 15) is 4.79 Å². The lowest BCUT2D eigenvalue weighted by Crippen LogP contribution is -2.15. The van der Waals surface area contributed by atoms with E-state index in [2.05, 4.69) is 20.5 Å². The molecule has 31 heavy (non-hydrogen) atoms. The van der Waals surface area contributed by atoms with Gasteiger partial charge in [-0.1, -0.05) is 23.8 Å². The van der Waals surface area contributed by atoms with Gasteiger partial charge in [-0.2, -0.15) is 5.10 Å². The Bertz CT molecular complexity index is 1260. The summed E-state index contributed by atoms with van der Waals surface area (Å²) in [5, 5.41) is 12.5. The number of rotatable bonds is 7. The van der Waals surface area contributed by atoms with Crippen LogP contribution in [0.1, 0.15) is 12.0 Å². The fourth-order valence-electron chi connectivity index (χ4n) is 3.15. The van der Waals surface area contributed by atoms with Gasteiger partial charge < -0.3 is 10.1 Å². The summed E-state index contributed by atoms with van der Waals surface area (Å²) in [7, 11) is 1.63. The third-order valence-electron chi connectivity index (χ3n) is 4.73. The summed E-state index contributed by atoms with van der Waals surface area (Å²) in [4.78, 5) is 17.0. The van der Waals surface area contributed by atoms with Crippen molar-refractivity contribution in [3.05, 3.63) is 64.2 Å². The van der Waals surface area contributed by atoms with Crippen molar-refractivity contribution in [2.45, 2.75) is 19.9 Å². The van der Waals surface area contributed by atoms with E-state index in [0.29, 0.717) is 16.4 Å². The number of nitrogens with zero attached hydrogens (tertiary/aromatic N) is 3. The zero-order chi connectivity index (χ0) is 21.8. The van der Waals surface area contributed by atoms with Crippen molar-refractivity contribution in [2.75, 3.05) is 12.4 Å². The van der Waals surface area contributed by atoms with Gasteiger partial charge in [0.15, 0.2) is 15.7 Å². The quantitative estimate of drug-likeness (QED) is 0.383. The van der Waals surface area contributed by atoms with E-state index in [-0.39, 0.29) is 12.3 Å². The van der Waals surface area contributed by atoms with Crippen LogP contribution < -0.4 is 10.1 Å². The van der Waals surface area contributed by atoms with Crippen molar-refractivity contribution in [3.8, 4) is 28.4 Å². The van der Waals surface area contributed by atoms with E-state index in [1.165, 1.54) is 11.3 Å². The first-order valence-electron chi connectivity index (χ1n) is 9.65. The van der Waals surface area contributed by atoms with E-state index >= 15 is 0 Å². The van der Waals surface area contributed by atoms with Crippen molar-refractivity contribution < 1.29 is 9.53 Å². The van der Waals surface area contributed by atoms with Crippen LogP contribution in [0, 0.1) is 11.7 Å². The Morgan fingerprint density at radius 1 is 1.23 bits per heavy atom. The lowest BCUT2D eigenvalue weighted by molar-refractivity contribution is -0.116. The number of thiazole rings is 1. The molecule has 2 aromatic heterocycles. The van der Waals surface area contributed by atoms with Crippen LogP contribution in [0.15, 0.2) is 53.9 Å². The second-order valence-corrected chi connectivity index (χ2v) is 8.18. The summed E-state index contributed by atoms with van der Waals surface area (Å²) >= 11 is 6.75. The maximum atomic E-state index is 12.5. The maximum absolute atomic E-state index is 12.5. The van der Waals surface area contributed by atoms with Gasteiger partial charge in [0.2, 0.25) is 5.91 Å². The zero-order valence-corrected chi connectivity index (χ0v) is 18.7. The summed E-state index contributed by atoms with van der Waals surface area (Å²) < 4.78 is 7.51. The lowest BCUT2D eigenvalue weighted by Gasteiger charge is -2.07. The van der Waals surface area contributed by atoms with Gasteiger partial charge >= 0.3 is 0 Å². The van der Waals surface area contributed by atoms with Crippen LogP contribution in [0.25, 0.3) is 22.6 Å². The number of anilines is 1. The zero-order valence-electron chi connectivity index (χ0n) is 17.1. The Hall–Kier alpha value is -3.30. The number of amides is 1. The number of hydrogen-bond donors (Lipinski definition) is 2. The van der Waals surface area contributed by atoms with Gasteiger partial charge in [0.1, 0.15) is 5.75 Å². The first-order chi connectivity index (χ1) is 15.0. The molecule has 0 radical (unpaired) electrons. The Morgan fingerprint density at radius 3 is 2.77 bits per heavy atom. The van der Waals surface area contributed by atoms with Crippen LogP contribution in [-0.4, -0.2) is 32.8 Å². The second kappa shape index (κ2) is 9.23. The monoisotopic (exact) mass is 451 g/mol. The van der Waals surface area contributed by atoms with E-state index in [4.69, 9.17) is 17.0 Å². The molecule has 0 saturated heterocycles. The molecule has 4 rings (SSSR count). The SMILES string of the molecule is COc1ccc(-c2csc(NC(=O)CCn3c(-c4cccc(C)c4)n[nH]c3=S)n2)cc1. The van der Waals surface area contributed by atoms with E-state index < -0.39 is 0 Å². The van der Waals surface area contributed by atoms with Crippen LogP contribution in [0.4, 0.5) is 5.13 Å². The molecule has 0 saturated carbocycles. The summed E-state index contributed by atoms with van der Waals surface area (Å²) in [6.45, 7) is 2.44. The van der Waals surface area contributed by atoms with Gasteiger partial charge in [-0.15, -0.1) is 11.3 Å². The number of aromatic nitrogens is 4. The van der Waals surface area contributed by atoms with Gasteiger partial charge in [-0.05, 0) is 49.5 Å². The van der Waals surface area contributed by atoms with Gasteiger partial charge in [0.05, 0.1) is 12.8 Å². The first kappa shape index (κ1) is 21.0. The molecule has 2 aromatic carbocycles. The molecule has 0 unspecified atom stereocenters. The molecule has 0 spiro atoms. The minimum atomic E-state index is -0.131. The molecular formula is C22H21N5O2S2. The number of carbonyl (C=O) groups is 1. The van der Waals surface area contributed by atoms with Crippen molar-refractivity contribution in [1.82, 2.24) is 19.7 Å². The number of aromatic amines is 1. The molecule has 2 heterocycles. The van der Waals surface area contributed by atoms with Crippen molar-refractivity contribution in [1.29, 1.82) is 0 Å². The molecule has 0 aliphatic rings. The first-order valence-corrected chi connectivity index (χ1v) is 10.9. The normalized spacial score (nSPS) is 10.8. The molecule has 0 bridgehead atoms. The molecule has 2 N–H and O–H groups in total. The number of H-pyrrole nitrogens is 1. The number of ether oxygens (including phenoxy) is 1. The Balaban J connectivity index is 1.41. The van der Waals surface area contributed by atoms with E-state index in [1.807, 2.05) is 65.4 Å². The standard InChI is InChI=1S/C22H21N5O2S2/c1-14-4-3-5-16(12-14)20-25-26-22(30)27(20)11-10-19(28)24-21-23-18(13-31-21)15-6-8-17(29-2)9-7-15/h3-9,12-13H,10-11H2,1-2H3,(H,26,30)(H,23,24,28). The lowest BCUT2D eigenvalue weighted by atomic mass is 10.1. The fraction of sp³-hybridized carbons (Fsp3) is 0.182. The average molecular weight is 452 g/mol. The largest absolute Gasteiger partial charge is 0.497 e. The summed E-state index contributed by atoms with van der Waals surface area (Å²) in [6.07, 6.45) is 0.254. The highest BCUT2D eigenvalue weighted by Crippen LogP contribution is 2.26. The van der Waals surface area contributed by atoms with Gasteiger partial charge in [-0.25, -0.2) is 4.98 Å². The minimum absolute atomic E-state index is 0.131. The number of nitrogens with one attached hydrogen (secondary N) is 2. The molecular weight excluding hydrogens is 430 g/mol. The van der Waals surface area contributed by atoms with E-state index in [0.717, 1.165) is 34.0 Å². The molecule has 0 aliphatic carbocycles. The van der Waals surface area contributed by atoms with E-state index in [1.54, 1.807) is 7.11 Å². The van der Waals surface area contributed by atoms with Crippen LogP contribution in [0.5, 0.6) is 5.75 Å². The van der Waals surface area contributed by atoms with Crippen molar-refractivity contribution >= 4 is 34.6 Å². The molecule has 0 aliphatic heterocycles. The number of hydrogen-bond acceptors (Lipinski definition) is 6. The van der Waals surface area contributed by atoms with Crippen LogP contribution in [0.2, 0.25) is 0 Å². The van der Waals surface area contributed by atoms with Gasteiger partial charge in [0, 0.05) is 29.5 Å². The smallest absolute Gasteiger partial charge is 0.227 e. The molecule has 0 atom stereocenters. The summed E-state index contributed by atoms with van der Waals surface area (Å²) in [6, 6.07) is 15.7. The molecule has 9 heteroatoms. The second-order valence-electron chi connectivity index (χ2n) is 6.94. The summed E-state index contributed by atoms with van der Waals surface area (Å²) in [5.74, 6) is 1.38. The van der Waals surface area contributed by atoms with Gasteiger partial charge in [0.25, 0.3) is 0 Å².